The lowest BCUT2D eigenvalue weighted by atomic mass is 10.3. The highest BCUT2D eigenvalue weighted by Crippen LogP contribution is 2.36. The van der Waals surface area contributed by atoms with E-state index in [1.165, 1.54) is 12.0 Å². The van der Waals surface area contributed by atoms with Gasteiger partial charge in [0, 0.05) is 12.7 Å². The monoisotopic (exact) mass is 210 g/mol. The van der Waals surface area contributed by atoms with E-state index in [1.54, 1.807) is 0 Å². The van der Waals surface area contributed by atoms with Gasteiger partial charge in [-0.15, -0.1) is 0 Å². The molecule has 0 aliphatic heterocycles. The third-order valence-electron chi connectivity index (χ3n) is 2.80. The molecule has 1 aromatic heterocycles. The molecule has 0 spiro atoms. The van der Waals surface area contributed by atoms with Crippen molar-refractivity contribution in [2.75, 3.05) is 6.54 Å². The average Bonchev–Trinajstić information content (AvgIpc) is 2.86. The summed E-state index contributed by atoms with van der Waals surface area (Å²) in [7, 11) is 0. The van der Waals surface area contributed by atoms with Crippen LogP contribution in [0.3, 0.4) is 0 Å². The van der Waals surface area contributed by atoms with Gasteiger partial charge in [0.15, 0.2) is 0 Å². The van der Waals surface area contributed by atoms with Crippen molar-refractivity contribution in [3.8, 4) is 0 Å². The lowest BCUT2D eigenvalue weighted by molar-refractivity contribution is 0.611. The van der Waals surface area contributed by atoms with E-state index in [9.17, 15) is 0 Å². The molecule has 1 N–H and O–H groups in total. The minimum atomic E-state index is 0.560. The lowest BCUT2D eigenvalue weighted by Crippen LogP contribution is -2.16. The van der Waals surface area contributed by atoms with Crippen LogP contribution in [0, 0.1) is 11.8 Å². The first kappa shape index (κ1) is 9.94. The SMILES string of the molecule is CC1CC1CNCc1ccc(Cl)nc1. The first-order valence-electron chi connectivity index (χ1n) is 5.07. The molecule has 2 rings (SSSR count). The standard InChI is InChI=1S/C11H15ClN2/c1-8-4-10(8)7-13-5-9-2-3-11(12)14-6-9/h2-3,6,8,10,13H,4-5,7H2,1H3. The molecule has 0 amide bonds. The van der Waals surface area contributed by atoms with Crippen molar-refractivity contribution in [1.29, 1.82) is 0 Å². The third-order valence-corrected chi connectivity index (χ3v) is 3.02. The van der Waals surface area contributed by atoms with E-state index < -0.39 is 0 Å². The van der Waals surface area contributed by atoms with E-state index in [0.29, 0.717) is 5.15 Å². The van der Waals surface area contributed by atoms with Gasteiger partial charge >= 0.3 is 0 Å². The molecule has 1 aliphatic carbocycles. The normalized spacial score (nSPS) is 25.0. The molecule has 0 aromatic carbocycles. The molecule has 76 valence electrons. The molecule has 2 nitrogen and oxygen atoms in total. The van der Waals surface area contributed by atoms with Gasteiger partial charge in [0.05, 0.1) is 0 Å². The topological polar surface area (TPSA) is 24.9 Å². The van der Waals surface area contributed by atoms with Crippen molar-refractivity contribution >= 4 is 11.6 Å². The van der Waals surface area contributed by atoms with Crippen molar-refractivity contribution < 1.29 is 0 Å². The highest BCUT2D eigenvalue weighted by atomic mass is 35.5. The maximum atomic E-state index is 5.69. The summed E-state index contributed by atoms with van der Waals surface area (Å²) in [6.45, 7) is 4.33. The fourth-order valence-electron chi connectivity index (χ4n) is 1.60. The predicted octanol–water partition coefficient (Wildman–Crippen LogP) is 2.48. The van der Waals surface area contributed by atoms with Crippen LogP contribution in [0.15, 0.2) is 18.3 Å². The zero-order valence-electron chi connectivity index (χ0n) is 8.33. The highest BCUT2D eigenvalue weighted by molar-refractivity contribution is 6.29. The molecule has 1 aliphatic rings. The van der Waals surface area contributed by atoms with Crippen LogP contribution in [0.1, 0.15) is 18.9 Å². The fourth-order valence-corrected chi connectivity index (χ4v) is 1.71. The van der Waals surface area contributed by atoms with E-state index >= 15 is 0 Å². The van der Waals surface area contributed by atoms with Gasteiger partial charge in [0.25, 0.3) is 0 Å². The Morgan fingerprint density at radius 2 is 2.36 bits per heavy atom. The number of halogens is 1. The Morgan fingerprint density at radius 3 is 2.93 bits per heavy atom. The van der Waals surface area contributed by atoms with Crippen molar-refractivity contribution in [1.82, 2.24) is 10.3 Å². The Morgan fingerprint density at radius 1 is 1.57 bits per heavy atom. The summed E-state index contributed by atoms with van der Waals surface area (Å²) >= 11 is 5.69. The first-order valence-corrected chi connectivity index (χ1v) is 5.44. The van der Waals surface area contributed by atoms with Gasteiger partial charge in [0.2, 0.25) is 0 Å². The Bertz CT molecular complexity index is 297. The summed E-state index contributed by atoms with van der Waals surface area (Å²) in [5, 5.41) is 3.99. The van der Waals surface area contributed by atoms with Crippen LogP contribution in [-0.2, 0) is 6.54 Å². The Labute approximate surface area is 89.7 Å². The second-order valence-corrected chi connectivity index (χ2v) is 4.48. The van der Waals surface area contributed by atoms with Crippen molar-refractivity contribution in [2.24, 2.45) is 11.8 Å². The zero-order chi connectivity index (χ0) is 9.97. The van der Waals surface area contributed by atoms with Crippen LogP contribution in [0.25, 0.3) is 0 Å². The molecular formula is C11H15ClN2. The second kappa shape index (κ2) is 4.28. The maximum Gasteiger partial charge on any atom is 0.129 e. The highest BCUT2D eigenvalue weighted by Gasteiger charge is 2.31. The fraction of sp³-hybridized carbons (Fsp3) is 0.545. The summed E-state index contributed by atoms with van der Waals surface area (Å²) in [4.78, 5) is 4.03. The quantitative estimate of drug-likeness (QED) is 0.773. The minimum Gasteiger partial charge on any atom is -0.312 e. The third kappa shape index (κ3) is 2.69. The van der Waals surface area contributed by atoms with E-state index in [0.717, 1.165) is 24.9 Å². The summed E-state index contributed by atoms with van der Waals surface area (Å²) < 4.78 is 0. The number of hydrogen-bond acceptors (Lipinski definition) is 2. The molecular weight excluding hydrogens is 196 g/mol. The number of nitrogens with zero attached hydrogens (tertiary/aromatic N) is 1. The molecule has 1 aromatic rings. The molecule has 1 fully saturated rings. The molecule has 0 saturated heterocycles. The summed E-state index contributed by atoms with van der Waals surface area (Å²) in [6.07, 6.45) is 3.21. The molecule has 3 heteroatoms. The van der Waals surface area contributed by atoms with Crippen LogP contribution in [0.4, 0.5) is 0 Å². The van der Waals surface area contributed by atoms with Crippen LogP contribution < -0.4 is 5.32 Å². The zero-order valence-corrected chi connectivity index (χ0v) is 9.09. The van der Waals surface area contributed by atoms with Gasteiger partial charge in [-0.25, -0.2) is 4.98 Å². The second-order valence-electron chi connectivity index (χ2n) is 4.09. The number of rotatable bonds is 4. The number of hydrogen-bond donors (Lipinski definition) is 1. The predicted molar refractivity (Wildman–Crippen MR) is 58.2 cm³/mol. The summed E-state index contributed by atoms with van der Waals surface area (Å²) in [5.41, 5.74) is 1.20. The van der Waals surface area contributed by atoms with Crippen molar-refractivity contribution in [2.45, 2.75) is 19.9 Å². The maximum absolute atomic E-state index is 5.69. The van der Waals surface area contributed by atoms with Crippen LogP contribution in [0.5, 0.6) is 0 Å². The van der Waals surface area contributed by atoms with E-state index in [1.807, 2.05) is 18.3 Å². The van der Waals surface area contributed by atoms with Gasteiger partial charge in [-0.05, 0) is 36.4 Å². The Balaban J connectivity index is 1.72. The van der Waals surface area contributed by atoms with E-state index in [2.05, 4.69) is 17.2 Å². The van der Waals surface area contributed by atoms with Crippen molar-refractivity contribution in [3.63, 3.8) is 0 Å². The molecule has 1 saturated carbocycles. The molecule has 2 atom stereocenters. The summed E-state index contributed by atoms with van der Waals surface area (Å²) in [5.74, 6) is 1.82. The van der Waals surface area contributed by atoms with Gasteiger partial charge in [-0.3, -0.25) is 0 Å². The first-order chi connectivity index (χ1) is 6.75. The summed E-state index contributed by atoms with van der Waals surface area (Å²) in [6, 6.07) is 3.84. The molecule has 0 bridgehead atoms. The number of aromatic nitrogens is 1. The minimum absolute atomic E-state index is 0.560. The molecule has 14 heavy (non-hydrogen) atoms. The van der Waals surface area contributed by atoms with Crippen LogP contribution in [-0.4, -0.2) is 11.5 Å². The number of nitrogens with one attached hydrogen (secondary N) is 1. The molecule has 1 heterocycles. The Hall–Kier alpha value is -0.600. The molecule has 0 radical (unpaired) electrons. The van der Waals surface area contributed by atoms with Crippen molar-refractivity contribution in [3.05, 3.63) is 29.0 Å². The number of pyridine rings is 1. The van der Waals surface area contributed by atoms with Gasteiger partial charge in [-0.2, -0.15) is 0 Å². The van der Waals surface area contributed by atoms with E-state index in [-0.39, 0.29) is 0 Å². The van der Waals surface area contributed by atoms with Gasteiger partial charge in [0.1, 0.15) is 5.15 Å². The Kier molecular flexibility index (Phi) is 3.04. The van der Waals surface area contributed by atoms with E-state index in [4.69, 9.17) is 11.6 Å². The van der Waals surface area contributed by atoms with Crippen LogP contribution in [0.2, 0.25) is 5.15 Å². The smallest absolute Gasteiger partial charge is 0.129 e. The van der Waals surface area contributed by atoms with Gasteiger partial charge in [-0.1, -0.05) is 24.6 Å². The van der Waals surface area contributed by atoms with Gasteiger partial charge < -0.3 is 5.32 Å². The lowest BCUT2D eigenvalue weighted by Gasteiger charge is -2.03. The van der Waals surface area contributed by atoms with Crippen LogP contribution >= 0.6 is 11.6 Å². The molecule has 2 unspecified atom stereocenters. The average molecular weight is 211 g/mol. The largest absolute Gasteiger partial charge is 0.312 e.